The number of hydrogen-bond acceptors (Lipinski definition) is 3. The summed E-state index contributed by atoms with van der Waals surface area (Å²) in [4.78, 5) is 19.3. The normalized spacial score (nSPS) is 21.2. The topological polar surface area (TPSA) is 63.4 Å². The average molecular weight is 210 g/mol. The van der Waals surface area contributed by atoms with E-state index in [4.69, 9.17) is 9.57 Å². The lowest BCUT2D eigenvalue weighted by Crippen LogP contribution is -2.33. The van der Waals surface area contributed by atoms with Crippen molar-refractivity contribution in [2.45, 2.75) is 25.6 Å². The van der Waals surface area contributed by atoms with Crippen LogP contribution in [0.5, 0.6) is 0 Å². The fourth-order valence-electron chi connectivity index (χ4n) is 1.45. The fraction of sp³-hybridized carbons (Fsp3) is 0.500. The second kappa shape index (κ2) is 4.95. The van der Waals surface area contributed by atoms with E-state index in [0.717, 1.165) is 19.3 Å². The van der Waals surface area contributed by atoms with Gasteiger partial charge in [-0.05, 0) is 25.0 Å². The van der Waals surface area contributed by atoms with Crippen molar-refractivity contribution in [2.24, 2.45) is 0 Å². The van der Waals surface area contributed by atoms with Gasteiger partial charge in [0.1, 0.15) is 5.69 Å². The van der Waals surface area contributed by atoms with Gasteiger partial charge in [-0.15, -0.1) is 0 Å². The molecule has 5 nitrogen and oxygen atoms in total. The van der Waals surface area contributed by atoms with Crippen molar-refractivity contribution < 1.29 is 14.4 Å². The Balaban J connectivity index is 1.75. The van der Waals surface area contributed by atoms with Gasteiger partial charge in [0.15, 0.2) is 6.29 Å². The van der Waals surface area contributed by atoms with Crippen molar-refractivity contribution in [2.75, 3.05) is 6.61 Å². The summed E-state index contributed by atoms with van der Waals surface area (Å²) in [6.45, 7) is 0.697. The SMILES string of the molecule is O=C(NOC1CCCCO1)c1ccc[nH]1. The Morgan fingerprint density at radius 1 is 1.60 bits per heavy atom. The van der Waals surface area contributed by atoms with Crippen LogP contribution in [0.15, 0.2) is 18.3 Å². The summed E-state index contributed by atoms with van der Waals surface area (Å²) in [5, 5.41) is 0. The first-order valence-corrected chi connectivity index (χ1v) is 5.07. The third kappa shape index (κ3) is 2.81. The maximum Gasteiger partial charge on any atom is 0.291 e. The number of hydroxylamine groups is 1. The highest BCUT2D eigenvalue weighted by molar-refractivity contribution is 5.91. The van der Waals surface area contributed by atoms with Crippen LogP contribution in [0.1, 0.15) is 29.8 Å². The van der Waals surface area contributed by atoms with Crippen LogP contribution in [0.4, 0.5) is 0 Å². The smallest absolute Gasteiger partial charge is 0.291 e. The van der Waals surface area contributed by atoms with E-state index in [0.29, 0.717) is 12.3 Å². The van der Waals surface area contributed by atoms with Crippen LogP contribution in [-0.4, -0.2) is 23.8 Å². The van der Waals surface area contributed by atoms with E-state index < -0.39 is 0 Å². The van der Waals surface area contributed by atoms with Gasteiger partial charge in [-0.2, -0.15) is 0 Å². The van der Waals surface area contributed by atoms with E-state index in [-0.39, 0.29) is 12.2 Å². The first-order valence-electron chi connectivity index (χ1n) is 5.07. The van der Waals surface area contributed by atoms with Crippen molar-refractivity contribution in [1.82, 2.24) is 10.5 Å². The lowest BCUT2D eigenvalue weighted by molar-refractivity contribution is -0.186. The summed E-state index contributed by atoms with van der Waals surface area (Å²) in [6, 6.07) is 3.44. The van der Waals surface area contributed by atoms with Gasteiger partial charge in [0.2, 0.25) is 0 Å². The Hall–Kier alpha value is -1.33. The minimum absolute atomic E-state index is 0.283. The third-order valence-corrected chi connectivity index (χ3v) is 2.26. The molecule has 15 heavy (non-hydrogen) atoms. The van der Waals surface area contributed by atoms with Crippen molar-refractivity contribution >= 4 is 5.91 Å². The van der Waals surface area contributed by atoms with Crippen LogP contribution in [0.2, 0.25) is 0 Å². The lowest BCUT2D eigenvalue weighted by atomic mass is 10.2. The number of rotatable bonds is 3. The van der Waals surface area contributed by atoms with Gasteiger partial charge in [-0.25, -0.2) is 10.3 Å². The maximum absolute atomic E-state index is 11.4. The molecule has 1 atom stereocenters. The number of ether oxygens (including phenoxy) is 1. The third-order valence-electron chi connectivity index (χ3n) is 2.26. The Morgan fingerprint density at radius 2 is 2.53 bits per heavy atom. The van der Waals surface area contributed by atoms with E-state index in [2.05, 4.69) is 10.5 Å². The zero-order valence-corrected chi connectivity index (χ0v) is 8.36. The molecule has 2 N–H and O–H groups in total. The summed E-state index contributed by atoms with van der Waals surface area (Å²) in [5.41, 5.74) is 2.84. The first kappa shape index (κ1) is 10.2. The predicted molar refractivity (Wildman–Crippen MR) is 52.9 cm³/mol. The van der Waals surface area contributed by atoms with E-state index in [1.54, 1.807) is 18.3 Å². The van der Waals surface area contributed by atoms with Gasteiger partial charge in [0.25, 0.3) is 5.91 Å². The molecule has 82 valence electrons. The molecule has 0 aromatic carbocycles. The summed E-state index contributed by atoms with van der Waals surface area (Å²) in [5.74, 6) is -0.283. The molecule has 1 aliphatic rings. The molecule has 1 aromatic rings. The highest BCUT2D eigenvalue weighted by Gasteiger charge is 2.16. The maximum atomic E-state index is 11.4. The molecule has 2 rings (SSSR count). The molecule has 0 aliphatic carbocycles. The summed E-state index contributed by atoms with van der Waals surface area (Å²) in [7, 11) is 0. The highest BCUT2D eigenvalue weighted by Crippen LogP contribution is 2.12. The van der Waals surface area contributed by atoms with Crippen LogP contribution < -0.4 is 5.48 Å². The van der Waals surface area contributed by atoms with E-state index in [1.807, 2.05) is 0 Å². The van der Waals surface area contributed by atoms with Crippen molar-refractivity contribution in [3.05, 3.63) is 24.0 Å². The van der Waals surface area contributed by atoms with Gasteiger partial charge in [-0.3, -0.25) is 4.79 Å². The summed E-state index contributed by atoms with van der Waals surface area (Å²) >= 11 is 0. The lowest BCUT2D eigenvalue weighted by Gasteiger charge is -2.21. The van der Waals surface area contributed by atoms with Gasteiger partial charge < -0.3 is 9.72 Å². The highest BCUT2D eigenvalue weighted by atomic mass is 16.8. The molecule has 1 fully saturated rings. The van der Waals surface area contributed by atoms with Gasteiger partial charge >= 0.3 is 0 Å². The zero-order chi connectivity index (χ0) is 10.5. The van der Waals surface area contributed by atoms with E-state index in [1.165, 1.54) is 0 Å². The Labute approximate surface area is 87.7 Å². The number of amides is 1. The quantitative estimate of drug-likeness (QED) is 0.737. The van der Waals surface area contributed by atoms with Crippen LogP contribution in [0.25, 0.3) is 0 Å². The molecule has 2 heterocycles. The molecule has 1 amide bonds. The van der Waals surface area contributed by atoms with Crippen molar-refractivity contribution in [1.29, 1.82) is 0 Å². The number of H-pyrrole nitrogens is 1. The number of carbonyl (C=O) groups excluding carboxylic acids is 1. The Bertz CT molecular complexity index is 304. The molecular formula is C10H14N2O3. The molecule has 1 saturated heterocycles. The molecular weight excluding hydrogens is 196 g/mol. The molecule has 1 unspecified atom stereocenters. The number of hydrogen-bond donors (Lipinski definition) is 2. The van der Waals surface area contributed by atoms with E-state index >= 15 is 0 Å². The molecule has 0 spiro atoms. The molecule has 0 bridgehead atoms. The molecule has 5 heteroatoms. The van der Waals surface area contributed by atoms with E-state index in [9.17, 15) is 4.79 Å². The predicted octanol–water partition coefficient (Wildman–Crippen LogP) is 1.20. The minimum atomic E-state index is -0.308. The monoisotopic (exact) mass is 210 g/mol. The zero-order valence-electron chi connectivity index (χ0n) is 8.36. The number of carbonyl (C=O) groups is 1. The standard InChI is InChI=1S/C10H14N2O3/c13-10(8-4-3-6-11-8)12-15-9-5-1-2-7-14-9/h3-4,6,9,11H,1-2,5,7H2,(H,12,13). The molecule has 1 aromatic heterocycles. The number of nitrogens with one attached hydrogen (secondary N) is 2. The fourth-order valence-corrected chi connectivity index (χ4v) is 1.45. The van der Waals surface area contributed by atoms with Crippen LogP contribution in [-0.2, 0) is 9.57 Å². The second-order valence-electron chi connectivity index (χ2n) is 3.43. The minimum Gasteiger partial charge on any atom is -0.357 e. The largest absolute Gasteiger partial charge is 0.357 e. The Kier molecular flexibility index (Phi) is 3.37. The first-order chi connectivity index (χ1) is 7.36. The van der Waals surface area contributed by atoms with Crippen LogP contribution in [0, 0.1) is 0 Å². The molecule has 0 radical (unpaired) electrons. The second-order valence-corrected chi connectivity index (χ2v) is 3.43. The Morgan fingerprint density at radius 3 is 3.20 bits per heavy atom. The summed E-state index contributed by atoms with van der Waals surface area (Å²) < 4.78 is 5.30. The van der Waals surface area contributed by atoms with Crippen LogP contribution in [0.3, 0.4) is 0 Å². The summed E-state index contributed by atoms with van der Waals surface area (Å²) in [6.07, 6.45) is 4.34. The average Bonchev–Trinajstić information content (AvgIpc) is 2.81. The molecule has 0 saturated carbocycles. The molecule has 1 aliphatic heterocycles. The van der Waals surface area contributed by atoms with Crippen molar-refractivity contribution in [3.63, 3.8) is 0 Å². The van der Waals surface area contributed by atoms with Crippen molar-refractivity contribution in [3.8, 4) is 0 Å². The number of aromatic amines is 1. The van der Waals surface area contributed by atoms with Crippen LogP contribution >= 0.6 is 0 Å². The van der Waals surface area contributed by atoms with Gasteiger partial charge in [0.05, 0.1) is 0 Å². The number of aromatic nitrogens is 1. The van der Waals surface area contributed by atoms with Gasteiger partial charge in [0, 0.05) is 19.2 Å². The van der Waals surface area contributed by atoms with Gasteiger partial charge in [-0.1, -0.05) is 0 Å².